The molecular formula is C16H30N2O. The lowest BCUT2D eigenvalue weighted by atomic mass is 9.96. The summed E-state index contributed by atoms with van der Waals surface area (Å²) in [6.45, 7) is 8.21. The maximum atomic E-state index is 11.9. The van der Waals surface area contributed by atoms with Gasteiger partial charge in [0, 0.05) is 31.1 Å². The summed E-state index contributed by atoms with van der Waals surface area (Å²) in [6.07, 6.45) is 7.87. The highest BCUT2D eigenvalue weighted by Gasteiger charge is 2.27. The second-order valence-electron chi connectivity index (χ2n) is 6.75. The summed E-state index contributed by atoms with van der Waals surface area (Å²) in [7, 11) is 0. The molecule has 2 aliphatic rings. The van der Waals surface area contributed by atoms with Gasteiger partial charge in [-0.3, -0.25) is 4.79 Å². The Labute approximate surface area is 118 Å². The van der Waals surface area contributed by atoms with E-state index in [0.717, 1.165) is 31.8 Å². The SMILES string of the molecule is CC(C)C(=O)N1CCC(NC(C)C2CCCC2)CC1. The van der Waals surface area contributed by atoms with Gasteiger partial charge in [0.15, 0.2) is 0 Å². The average molecular weight is 266 g/mol. The van der Waals surface area contributed by atoms with Crippen molar-refractivity contribution in [3.05, 3.63) is 0 Å². The van der Waals surface area contributed by atoms with Gasteiger partial charge in [-0.05, 0) is 38.5 Å². The number of carbonyl (C=O) groups excluding carboxylic acids is 1. The van der Waals surface area contributed by atoms with Crippen LogP contribution >= 0.6 is 0 Å². The largest absolute Gasteiger partial charge is 0.342 e. The summed E-state index contributed by atoms with van der Waals surface area (Å²) in [5.74, 6) is 1.35. The van der Waals surface area contributed by atoms with Crippen LogP contribution in [0.4, 0.5) is 0 Å². The molecular weight excluding hydrogens is 236 g/mol. The van der Waals surface area contributed by atoms with Gasteiger partial charge in [-0.1, -0.05) is 26.7 Å². The molecule has 3 nitrogen and oxygen atoms in total. The Hall–Kier alpha value is -0.570. The maximum Gasteiger partial charge on any atom is 0.225 e. The van der Waals surface area contributed by atoms with Crippen molar-refractivity contribution in [2.24, 2.45) is 11.8 Å². The van der Waals surface area contributed by atoms with Crippen LogP contribution in [-0.2, 0) is 4.79 Å². The standard InChI is InChI=1S/C16H30N2O/c1-12(2)16(19)18-10-8-15(9-11-18)17-13(3)14-6-4-5-7-14/h12-15,17H,4-11H2,1-3H3. The smallest absolute Gasteiger partial charge is 0.225 e. The predicted octanol–water partition coefficient (Wildman–Crippen LogP) is 2.80. The van der Waals surface area contributed by atoms with E-state index in [1.807, 2.05) is 18.7 Å². The number of nitrogens with one attached hydrogen (secondary N) is 1. The van der Waals surface area contributed by atoms with Crippen LogP contribution in [0.3, 0.4) is 0 Å². The summed E-state index contributed by atoms with van der Waals surface area (Å²) < 4.78 is 0. The molecule has 0 aromatic carbocycles. The average Bonchev–Trinajstić information content (AvgIpc) is 2.92. The van der Waals surface area contributed by atoms with Crippen molar-refractivity contribution in [2.75, 3.05) is 13.1 Å². The van der Waals surface area contributed by atoms with Crippen molar-refractivity contribution in [2.45, 2.75) is 71.4 Å². The summed E-state index contributed by atoms with van der Waals surface area (Å²) >= 11 is 0. The Morgan fingerprint density at radius 1 is 1.05 bits per heavy atom. The first-order chi connectivity index (χ1) is 9.08. The zero-order chi connectivity index (χ0) is 13.8. The fourth-order valence-corrected chi connectivity index (χ4v) is 3.60. The molecule has 2 rings (SSSR count). The van der Waals surface area contributed by atoms with Gasteiger partial charge in [0.2, 0.25) is 5.91 Å². The van der Waals surface area contributed by atoms with Gasteiger partial charge in [-0.25, -0.2) is 0 Å². The highest BCUT2D eigenvalue weighted by molar-refractivity contribution is 5.78. The molecule has 19 heavy (non-hydrogen) atoms. The molecule has 1 atom stereocenters. The summed E-state index contributed by atoms with van der Waals surface area (Å²) in [4.78, 5) is 14.0. The lowest BCUT2D eigenvalue weighted by Crippen LogP contribution is -2.49. The molecule has 1 aliphatic carbocycles. The third-order valence-corrected chi connectivity index (χ3v) is 4.91. The summed E-state index contributed by atoms with van der Waals surface area (Å²) in [5.41, 5.74) is 0. The number of amides is 1. The molecule has 1 saturated heterocycles. The van der Waals surface area contributed by atoms with Crippen molar-refractivity contribution in [3.63, 3.8) is 0 Å². The van der Waals surface area contributed by atoms with Crippen molar-refractivity contribution in [1.82, 2.24) is 10.2 Å². The Morgan fingerprint density at radius 2 is 1.63 bits per heavy atom. The van der Waals surface area contributed by atoms with Crippen molar-refractivity contribution in [3.8, 4) is 0 Å². The van der Waals surface area contributed by atoms with Gasteiger partial charge in [0.25, 0.3) is 0 Å². The van der Waals surface area contributed by atoms with Crippen LogP contribution in [0.15, 0.2) is 0 Å². The predicted molar refractivity (Wildman–Crippen MR) is 79.0 cm³/mol. The second-order valence-corrected chi connectivity index (χ2v) is 6.75. The first kappa shape index (κ1) is 14.8. The summed E-state index contributed by atoms with van der Waals surface area (Å²) in [6, 6.07) is 1.27. The summed E-state index contributed by atoms with van der Waals surface area (Å²) in [5, 5.41) is 3.81. The Balaban J connectivity index is 1.72. The topological polar surface area (TPSA) is 32.3 Å². The Bertz CT molecular complexity index is 289. The first-order valence-electron chi connectivity index (χ1n) is 8.12. The number of carbonyl (C=O) groups is 1. The molecule has 0 radical (unpaired) electrons. The van der Waals surface area contributed by atoms with Crippen LogP contribution in [0.25, 0.3) is 0 Å². The van der Waals surface area contributed by atoms with Crippen LogP contribution in [0.5, 0.6) is 0 Å². The highest BCUT2D eigenvalue weighted by atomic mass is 16.2. The van der Waals surface area contributed by atoms with Gasteiger partial charge in [-0.15, -0.1) is 0 Å². The van der Waals surface area contributed by atoms with E-state index in [0.29, 0.717) is 18.0 Å². The van der Waals surface area contributed by atoms with Gasteiger partial charge in [-0.2, -0.15) is 0 Å². The molecule has 1 amide bonds. The van der Waals surface area contributed by atoms with E-state index in [1.54, 1.807) is 0 Å². The molecule has 1 heterocycles. The number of rotatable bonds is 4. The highest BCUT2D eigenvalue weighted by Crippen LogP contribution is 2.28. The van der Waals surface area contributed by atoms with E-state index in [9.17, 15) is 4.79 Å². The maximum absolute atomic E-state index is 11.9. The number of hydrogen-bond acceptors (Lipinski definition) is 2. The van der Waals surface area contributed by atoms with E-state index in [1.165, 1.54) is 25.7 Å². The van der Waals surface area contributed by atoms with Crippen molar-refractivity contribution in [1.29, 1.82) is 0 Å². The lowest BCUT2D eigenvalue weighted by molar-refractivity contribution is -0.135. The second kappa shape index (κ2) is 6.74. The van der Waals surface area contributed by atoms with Gasteiger partial charge < -0.3 is 10.2 Å². The molecule has 0 aromatic rings. The van der Waals surface area contributed by atoms with Gasteiger partial charge in [0.1, 0.15) is 0 Å². The Morgan fingerprint density at radius 3 is 2.16 bits per heavy atom. The van der Waals surface area contributed by atoms with E-state index in [4.69, 9.17) is 0 Å². The normalized spacial score (nSPS) is 24.1. The zero-order valence-corrected chi connectivity index (χ0v) is 12.8. The number of likely N-dealkylation sites (tertiary alicyclic amines) is 1. The third kappa shape index (κ3) is 3.95. The molecule has 1 saturated carbocycles. The van der Waals surface area contributed by atoms with Crippen molar-refractivity contribution >= 4 is 5.91 Å². The third-order valence-electron chi connectivity index (χ3n) is 4.91. The van der Waals surface area contributed by atoms with E-state index in [-0.39, 0.29) is 5.92 Å². The molecule has 0 aromatic heterocycles. The monoisotopic (exact) mass is 266 g/mol. The minimum atomic E-state index is 0.141. The van der Waals surface area contributed by atoms with Crippen LogP contribution in [0.1, 0.15) is 59.3 Å². The lowest BCUT2D eigenvalue weighted by Gasteiger charge is -2.36. The van der Waals surface area contributed by atoms with E-state index < -0.39 is 0 Å². The van der Waals surface area contributed by atoms with Crippen molar-refractivity contribution < 1.29 is 4.79 Å². The molecule has 1 aliphatic heterocycles. The minimum absolute atomic E-state index is 0.141. The van der Waals surface area contributed by atoms with Gasteiger partial charge in [0.05, 0.1) is 0 Å². The van der Waals surface area contributed by atoms with Crippen LogP contribution in [-0.4, -0.2) is 36.0 Å². The quantitative estimate of drug-likeness (QED) is 0.848. The number of piperidine rings is 1. The molecule has 3 heteroatoms. The fraction of sp³-hybridized carbons (Fsp3) is 0.938. The molecule has 1 unspecified atom stereocenters. The van der Waals surface area contributed by atoms with E-state index >= 15 is 0 Å². The fourth-order valence-electron chi connectivity index (χ4n) is 3.60. The zero-order valence-electron chi connectivity index (χ0n) is 12.8. The van der Waals surface area contributed by atoms with Gasteiger partial charge >= 0.3 is 0 Å². The molecule has 0 bridgehead atoms. The van der Waals surface area contributed by atoms with Crippen LogP contribution in [0.2, 0.25) is 0 Å². The Kier molecular flexibility index (Phi) is 5.26. The molecule has 2 fully saturated rings. The molecule has 0 spiro atoms. The van der Waals surface area contributed by atoms with Crippen LogP contribution < -0.4 is 5.32 Å². The number of nitrogens with zero attached hydrogens (tertiary/aromatic N) is 1. The number of hydrogen-bond donors (Lipinski definition) is 1. The molecule has 1 N–H and O–H groups in total. The molecule has 110 valence electrons. The van der Waals surface area contributed by atoms with E-state index in [2.05, 4.69) is 12.2 Å². The minimum Gasteiger partial charge on any atom is -0.342 e. The van der Waals surface area contributed by atoms with Crippen LogP contribution in [0, 0.1) is 11.8 Å². The first-order valence-corrected chi connectivity index (χ1v) is 8.12.